The van der Waals surface area contributed by atoms with Crippen molar-refractivity contribution in [2.24, 2.45) is 0 Å². The molecule has 0 aliphatic carbocycles. The minimum Gasteiger partial charge on any atom is -0.462 e. The smallest absolute Gasteiger partial charge is 0.462 e. The van der Waals surface area contributed by atoms with E-state index in [9.17, 15) is 26.7 Å². The molecule has 0 amide bonds. The molecular weight excluding hydrogens is 301 g/mol. The quantitative estimate of drug-likeness (QED) is 0.630. The van der Waals surface area contributed by atoms with Gasteiger partial charge in [-0.2, -0.15) is 5.26 Å². The summed E-state index contributed by atoms with van der Waals surface area (Å²) in [6.07, 6.45) is -8.54. The SMILES string of the molecule is CCOC(=O)c1c(OC(F)(F)F)ccc(C#N)c1C(F)F. The van der Waals surface area contributed by atoms with Crippen LogP contribution in [-0.4, -0.2) is 18.9 Å². The fraction of sp³-hybridized carbons (Fsp3) is 0.333. The summed E-state index contributed by atoms with van der Waals surface area (Å²) in [5.41, 5.74) is -2.90. The molecule has 0 unspecified atom stereocenters. The van der Waals surface area contributed by atoms with Crippen LogP contribution in [-0.2, 0) is 4.74 Å². The van der Waals surface area contributed by atoms with Crippen LogP contribution in [0.5, 0.6) is 5.75 Å². The fourth-order valence-corrected chi connectivity index (χ4v) is 1.55. The van der Waals surface area contributed by atoms with Gasteiger partial charge in [0.25, 0.3) is 6.43 Å². The summed E-state index contributed by atoms with van der Waals surface area (Å²) < 4.78 is 70.8. The van der Waals surface area contributed by atoms with Gasteiger partial charge in [-0.15, -0.1) is 13.2 Å². The number of benzene rings is 1. The van der Waals surface area contributed by atoms with Gasteiger partial charge in [0.15, 0.2) is 0 Å². The lowest BCUT2D eigenvalue weighted by atomic mass is 10.0. The summed E-state index contributed by atoms with van der Waals surface area (Å²) in [7, 11) is 0. The van der Waals surface area contributed by atoms with Gasteiger partial charge in [-0.05, 0) is 19.1 Å². The molecule has 0 spiro atoms. The van der Waals surface area contributed by atoms with Crippen molar-refractivity contribution in [3.63, 3.8) is 0 Å². The molecule has 1 aromatic rings. The summed E-state index contributed by atoms with van der Waals surface area (Å²) in [5.74, 6) is -2.57. The highest BCUT2D eigenvalue weighted by Gasteiger charge is 2.36. The van der Waals surface area contributed by atoms with E-state index in [0.29, 0.717) is 12.1 Å². The number of carbonyl (C=O) groups is 1. The molecule has 0 aliphatic rings. The average molecular weight is 309 g/mol. The van der Waals surface area contributed by atoms with Crippen LogP contribution in [0.2, 0.25) is 0 Å². The highest BCUT2D eigenvalue weighted by atomic mass is 19.4. The number of rotatable bonds is 4. The summed E-state index contributed by atoms with van der Waals surface area (Å²) >= 11 is 0. The van der Waals surface area contributed by atoms with Gasteiger partial charge in [-0.3, -0.25) is 0 Å². The lowest BCUT2D eigenvalue weighted by molar-refractivity contribution is -0.274. The van der Waals surface area contributed by atoms with Gasteiger partial charge in [0.1, 0.15) is 11.3 Å². The number of ether oxygens (including phenoxy) is 2. The molecule has 0 bridgehead atoms. The van der Waals surface area contributed by atoms with Gasteiger partial charge >= 0.3 is 12.3 Å². The Morgan fingerprint density at radius 2 is 2.00 bits per heavy atom. The highest BCUT2D eigenvalue weighted by molar-refractivity contribution is 5.95. The van der Waals surface area contributed by atoms with Crippen LogP contribution in [0.3, 0.4) is 0 Å². The fourth-order valence-electron chi connectivity index (χ4n) is 1.55. The number of hydrogen-bond donors (Lipinski definition) is 0. The van der Waals surface area contributed by atoms with Crippen molar-refractivity contribution in [2.45, 2.75) is 19.7 Å². The van der Waals surface area contributed by atoms with E-state index in [2.05, 4.69) is 9.47 Å². The van der Waals surface area contributed by atoms with Crippen LogP contribution in [0.1, 0.15) is 34.8 Å². The van der Waals surface area contributed by atoms with E-state index in [4.69, 9.17) is 5.26 Å². The lowest BCUT2D eigenvalue weighted by Crippen LogP contribution is -2.21. The summed E-state index contributed by atoms with van der Waals surface area (Å²) in [4.78, 5) is 11.6. The topological polar surface area (TPSA) is 59.3 Å². The van der Waals surface area contributed by atoms with Gasteiger partial charge in [0, 0.05) is 0 Å². The zero-order chi connectivity index (χ0) is 16.2. The van der Waals surface area contributed by atoms with E-state index in [1.54, 1.807) is 0 Å². The molecule has 0 saturated heterocycles. The van der Waals surface area contributed by atoms with Gasteiger partial charge in [-0.25, -0.2) is 13.6 Å². The zero-order valence-corrected chi connectivity index (χ0v) is 10.5. The van der Waals surface area contributed by atoms with Gasteiger partial charge in [0.2, 0.25) is 0 Å². The zero-order valence-electron chi connectivity index (χ0n) is 10.5. The molecule has 114 valence electrons. The van der Waals surface area contributed by atoms with Crippen molar-refractivity contribution in [3.05, 3.63) is 28.8 Å². The van der Waals surface area contributed by atoms with Crippen LogP contribution < -0.4 is 4.74 Å². The summed E-state index contributed by atoms with van der Waals surface area (Å²) in [5, 5.41) is 8.73. The molecule has 0 aromatic heterocycles. The van der Waals surface area contributed by atoms with E-state index in [0.717, 1.165) is 0 Å². The first-order valence-electron chi connectivity index (χ1n) is 5.49. The van der Waals surface area contributed by atoms with E-state index >= 15 is 0 Å². The second-order valence-corrected chi connectivity index (χ2v) is 3.58. The molecule has 0 atom stereocenters. The summed E-state index contributed by atoms with van der Waals surface area (Å²) in [6, 6.07) is 2.71. The molecule has 1 aromatic carbocycles. The standard InChI is InChI=1S/C12H8F5NO3/c1-2-20-11(19)9-7(21-12(15,16)17)4-3-6(5-18)8(9)10(13)14/h3-4,10H,2H2,1H3. The molecule has 0 aliphatic heterocycles. The molecule has 9 heteroatoms. The van der Waals surface area contributed by atoms with Gasteiger partial charge in [0.05, 0.1) is 23.8 Å². The van der Waals surface area contributed by atoms with Gasteiger partial charge < -0.3 is 9.47 Å². The largest absolute Gasteiger partial charge is 0.573 e. The maximum absolute atomic E-state index is 13.0. The predicted octanol–water partition coefficient (Wildman–Crippen LogP) is 3.57. The average Bonchev–Trinajstić information content (AvgIpc) is 2.36. The van der Waals surface area contributed by atoms with Crippen LogP contribution in [0.15, 0.2) is 12.1 Å². The third-order valence-corrected chi connectivity index (χ3v) is 2.25. The number of alkyl halides is 5. The molecule has 4 nitrogen and oxygen atoms in total. The van der Waals surface area contributed by atoms with Crippen molar-refractivity contribution in [3.8, 4) is 11.8 Å². The monoisotopic (exact) mass is 309 g/mol. The van der Waals surface area contributed by atoms with E-state index in [1.807, 2.05) is 0 Å². The van der Waals surface area contributed by atoms with Crippen LogP contribution in [0, 0.1) is 11.3 Å². The number of halogens is 5. The Bertz CT molecular complexity index is 577. The van der Waals surface area contributed by atoms with Crippen LogP contribution >= 0.6 is 0 Å². The second kappa shape index (κ2) is 6.39. The molecule has 0 radical (unpaired) electrons. The minimum absolute atomic E-state index is 0.246. The van der Waals surface area contributed by atoms with Crippen molar-refractivity contribution >= 4 is 5.97 Å². The third-order valence-electron chi connectivity index (χ3n) is 2.25. The Hall–Kier alpha value is -2.37. The maximum atomic E-state index is 13.0. The number of nitriles is 1. The predicted molar refractivity (Wildman–Crippen MR) is 58.8 cm³/mol. The van der Waals surface area contributed by atoms with E-state index in [1.165, 1.54) is 13.0 Å². The number of carbonyl (C=O) groups excluding carboxylic acids is 1. The molecule has 21 heavy (non-hydrogen) atoms. The Balaban J connectivity index is 3.55. The molecular formula is C12H8F5NO3. The Labute approximate surface area is 115 Å². The molecule has 0 N–H and O–H groups in total. The Morgan fingerprint density at radius 3 is 2.43 bits per heavy atom. The van der Waals surface area contributed by atoms with Crippen molar-refractivity contribution in [1.29, 1.82) is 5.26 Å². The first kappa shape index (κ1) is 16.7. The summed E-state index contributed by atoms with van der Waals surface area (Å²) in [6.45, 7) is 1.10. The minimum atomic E-state index is -5.19. The van der Waals surface area contributed by atoms with Crippen LogP contribution in [0.4, 0.5) is 22.0 Å². The van der Waals surface area contributed by atoms with Crippen LogP contribution in [0.25, 0.3) is 0 Å². The molecule has 0 heterocycles. The Morgan fingerprint density at radius 1 is 1.38 bits per heavy atom. The number of nitrogens with zero attached hydrogens (tertiary/aromatic N) is 1. The Kier molecular flexibility index (Phi) is 5.07. The molecule has 0 saturated carbocycles. The number of hydrogen-bond acceptors (Lipinski definition) is 4. The number of esters is 1. The van der Waals surface area contributed by atoms with Crippen molar-refractivity contribution in [1.82, 2.24) is 0 Å². The first-order valence-corrected chi connectivity index (χ1v) is 5.49. The maximum Gasteiger partial charge on any atom is 0.573 e. The van der Waals surface area contributed by atoms with E-state index in [-0.39, 0.29) is 6.61 Å². The van der Waals surface area contributed by atoms with Gasteiger partial charge in [-0.1, -0.05) is 0 Å². The lowest BCUT2D eigenvalue weighted by Gasteiger charge is -2.16. The van der Waals surface area contributed by atoms with Crippen molar-refractivity contribution in [2.75, 3.05) is 6.61 Å². The first-order chi connectivity index (χ1) is 9.71. The van der Waals surface area contributed by atoms with E-state index < -0.39 is 41.2 Å². The normalized spacial score (nSPS) is 11.1. The third kappa shape index (κ3) is 4.05. The molecule has 0 fully saturated rings. The second-order valence-electron chi connectivity index (χ2n) is 3.58. The molecule has 1 rings (SSSR count). The highest BCUT2D eigenvalue weighted by Crippen LogP contribution is 2.36. The van der Waals surface area contributed by atoms with Crippen molar-refractivity contribution < 1.29 is 36.2 Å².